The lowest BCUT2D eigenvalue weighted by Gasteiger charge is -2.69. The van der Waals surface area contributed by atoms with E-state index in [-0.39, 0.29) is 70.9 Å². The van der Waals surface area contributed by atoms with Gasteiger partial charge in [-0.1, -0.05) is 29.8 Å². The number of aromatic nitrogens is 4. The largest absolute Gasteiger partial charge is 0.477 e. The molecule has 4 atom stereocenters. The van der Waals surface area contributed by atoms with Crippen LogP contribution in [-0.4, -0.2) is 55.3 Å². The van der Waals surface area contributed by atoms with Crippen LogP contribution in [0.2, 0.25) is 0 Å². The molecule has 0 spiro atoms. The fraction of sp³-hybridized carbons (Fsp3) is 0.442. The number of likely N-dealkylation sites (tertiary alicyclic amines) is 1. The fourth-order valence-electron chi connectivity index (χ4n) is 10.4. The number of nitrogens with zero attached hydrogens (tertiary/aromatic N) is 7. The standard InChI is InChI=1S/C43H41F2N9O3/c1-24-3-2-4-26(9-24)37-34(6-8-54(37)40(56)42-21-43(22-42,23-42)53-41-48-7-5-32(17-46)51-41)38-50-33(18-47)16-36(52-38)57-20-29-14-35(28-12-27(29)13-28)39(55)49-19-25-10-30(44)15-31(45)11-25/h2-5,7,9-11,15-16,27-29,34-35,37H,6,8,12-14,19-23H2,1H3,(H,49,55)(H,48,51,53)/t27?,28?,29?,34?,35-,37?,42?,43?/m0/s1. The zero-order valence-corrected chi connectivity index (χ0v) is 31.4. The van der Waals surface area contributed by atoms with E-state index in [1.165, 1.54) is 12.1 Å². The Morgan fingerprint density at radius 3 is 2.46 bits per heavy atom. The molecular formula is C43H41F2N9O3. The van der Waals surface area contributed by atoms with Crippen molar-refractivity contribution in [1.82, 2.24) is 30.2 Å². The monoisotopic (exact) mass is 769 g/mol. The second-order valence-electron chi connectivity index (χ2n) is 16.8. The van der Waals surface area contributed by atoms with Crippen LogP contribution in [-0.2, 0) is 16.1 Å². The molecule has 7 aliphatic rings. The van der Waals surface area contributed by atoms with Gasteiger partial charge in [-0.2, -0.15) is 15.5 Å². The fourth-order valence-corrected chi connectivity index (χ4v) is 10.4. The number of ether oxygens (including phenoxy) is 1. The van der Waals surface area contributed by atoms with Gasteiger partial charge in [-0.05, 0) is 98.9 Å². The first-order chi connectivity index (χ1) is 27.5. The van der Waals surface area contributed by atoms with Crippen molar-refractivity contribution in [3.05, 3.63) is 106 Å². The number of nitrogens with one attached hydrogen (secondary N) is 2. The Balaban J connectivity index is 0.890. The van der Waals surface area contributed by atoms with E-state index in [1.54, 1.807) is 18.3 Å². The smallest absolute Gasteiger partial charge is 0.229 e. The first-order valence-corrected chi connectivity index (χ1v) is 19.6. The number of fused-ring (bicyclic) bond motifs is 2. The number of nitriles is 2. The predicted octanol–water partition coefficient (Wildman–Crippen LogP) is 6.05. The van der Waals surface area contributed by atoms with E-state index < -0.39 is 17.0 Å². The molecule has 1 saturated heterocycles. The van der Waals surface area contributed by atoms with Gasteiger partial charge in [0.25, 0.3) is 0 Å². The normalized spacial score (nSPS) is 29.1. The van der Waals surface area contributed by atoms with Crippen LogP contribution in [0.1, 0.15) is 90.8 Å². The number of hydrogen-bond donors (Lipinski definition) is 2. The summed E-state index contributed by atoms with van der Waals surface area (Å²) in [6, 6.07) is 18.3. The lowest BCUT2D eigenvalue weighted by atomic mass is 9.39. The van der Waals surface area contributed by atoms with Gasteiger partial charge >= 0.3 is 0 Å². The van der Waals surface area contributed by atoms with Crippen molar-refractivity contribution in [3.63, 3.8) is 0 Å². The Kier molecular flexibility index (Phi) is 9.10. The second-order valence-corrected chi connectivity index (χ2v) is 16.8. The van der Waals surface area contributed by atoms with Crippen LogP contribution in [0.4, 0.5) is 14.7 Å². The van der Waals surface area contributed by atoms with Crippen molar-refractivity contribution in [3.8, 4) is 18.0 Å². The van der Waals surface area contributed by atoms with E-state index in [0.29, 0.717) is 68.5 Å². The molecule has 4 bridgehead atoms. The first kappa shape index (κ1) is 36.6. The molecule has 1 aliphatic heterocycles. The summed E-state index contributed by atoms with van der Waals surface area (Å²) in [7, 11) is 0. The average Bonchev–Trinajstić information content (AvgIpc) is 3.61. The maximum absolute atomic E-state index is 14.5. The summed E-state index contributed by atoms with van der Waals surface area (Å²) in [6.45, 7) is 2.89. The minimum atomic E-state index is -0.683. The highest BCUT2D eigenvalue weighted by Crippen LogP contribution is 2.69. The third kappa shape index (κ3) is 6.81. The summed E-state index contributed by atoms with van der Waals surface area (Å²) in [5, 5.41) is 25.6. The SMILES string of the molecule is Cc1cccc(C2C(c3nc(C#N)cc(OCC4C[C@H](C(=O)NCc5cc(F)cc(F)c5)C5CC4C5)n3)CCN2C(=O)C23CC(Nc4nccc(C#N)n4)(C2)C3)c1. The van der Waals surface area contributed by atoms with Gasteiger partial charge in [-0.3, -0.25) is 9.59 Å². The number of rotatable bonds is 11. The molecule has 2 amide bonds. The predicted molar refractivity (Wildman–Crippen MR) is 201 cm³/mol. The summed E-state index contributed by atoms with van der Waals surface area (Å²) in [5.41, 5.74) is 2.11. The van der Waals surface area contributed by atoms with Crippen molar-refractivity contribution in [2.45, 2.75) is 75.9 Å². The second kappa shape index (κ2) is 14.2. The number of amides is 2. The van der Waals surface area contributed by atoms with Gasteiger partial charge in [0.05, 0.1) is 18.1 Å². The lowest BCUT2D eigenvalue weighted by molar-refractivity contribution is -0.180. The number of hydrogen-bond acceptors (Lipinski definition) is 10. The zero-order chi connectivity index (χ0) is 39.5. The number of anilines is 1. The first-order valence-electron chi connectivity index (χ1n) is 19.6. The molecule has 6 aliphatic carbocycles. The zero-order valence-electron chi connectivity index (χ0n) is 31.4. The van der Waals surface area contributed by atoms with E-state index >= 15 is 0 Å². The van der Waals surface area contributed by atoms with Crippen molar-refractivity contribution in [2.24, 2.45) is 29.1 Å². The van der Waals surface area contributed by atoms with Crippen LogP contribution in [0.15, 0.2) is 60.8 Å². The Morgan fingerprint density at radius 1 is 0.947 bits per heavy atom. The summed E-state index contributed by atoms with van der Waals surface area (Å²) >= 11 is 0. The van der Waals surface area contributed by atoms with Gasteiger partial charge in [0.2, 0.25) is 23.6 Å². The lowest BCUT2D eigenvalue weighted by Crippen LogP contribution is -2.75. The number of carbonyl (C=O) groups excluding carboxylic acids is 2. The highest BCUT2D eigenvalue weighted by molar-refractivity contribution is 5.88. The molecule has 3 heterocycles. The van der Waals surface area contributed by atoms with Crippen LogP contribution in [0.3, 0.4) is 0 Å². The van der Waals surface area contributed by atoms with Crippen molar-refractivity contribution in [1.29, 1.82) is 10.5 Å². The van der Waals surface area contributed by atoms with E-state index in [1.807, 2.05) is 36.1 Å². The molecule has 2 aromatic heterocycles. The molecule has 2 N–H and O–H groups in total. The molecule has 2 aromatic carbocycles. The number of benzene rings is 2. The van der Waals surface area contributed by atoms with E-state index in [4.69, 9.17) is 9.72 Å². The molecule has 3 unspecified atom stereocenters. The quantitative estimate of drug-likeness (QED) is 0.183. The molecule has 7 fully saturated rings. The van der Waals surface area contributed by atoms with E-state index in [2.05, 4.69) is 37.7 Å². The molecular weight excluding hydrogens is 729 g/mol. The highest BCUT2D eigenvalue weighted by Gasteiger charge is 2.73. The Hall–Kier alpha value is -6.02. The van der Waals surface area contributed by atoms with Gasteiger partial charge in [0.15, 0.2) is 0 Å². The summed E-state index contributed by atoms with van der Waals surface area (Å²) in [4.78, 5) is 47.8. The highest BCUT2D eigenvalue weighted by atomic mass is 19.1. The summed E-state index contributed by atoms with van der Waals surface area (Å²) in [5.74, 6) is -0.0149. The van der Waals surface area contributed by atoms with Crippen LogP contribution in [0.5, 0.6) is 5.88 Å². The van der Waals surface area contributed by atoms with Crippen molar-refractivity contribution >= 4 is 17.8 Å². The van der Waals surface area contributed by atoms with Crippen LogP contribution in [0, 0.1) is 70.3 Å². The third-order valence-corrected chi connectivity index (χ3v) is 13.0. The van der Waals surface area contributed by atoms with Crippen LogP contribution >= 0.6 is 0 Å². The Bertz CT molecular complexity index is 2310. The minimum absolute atomic E-state index is 0.0449. The number of aryl methyl sites for hydroxylation is 1. The molecule has 12 nitrogen and oxygen atoms in total. The van der Waals surface area contributed by atoms with Gasteiger partial charge in [0, 0.05) is 48.8 Å². The van der Waals surface area contributed by atoms with Gasteiger partial charge in [0.1, 0.15) is 41.0 Å². The van der Waals surface area contributed by atoms with E-state index in [0.717, 1.165) is 30.0 Å². The maximum atomic E-state index is 14.5. The van der Waals surface area contributed by atoms with E-state index in [9.17, 15) is 28.9 Å². The molecule has 14 heteroatoms. The molecule has 0 radical (unpaired) electrons. The van der Waals surface area contributed by atoms with Crippen LogP contribution < -0.4 is 15.4 Å². The maximum Gasteiger partial charge on any atom is 0.229 e. The van der Waals surface area contributed by atoms with Crippen LogP contribution in [0.25, 0.3) is 0 Å². The number of carbonyl (C=O) groups is 2. The minimum Gasteiger partial charge on any atom is -0.477 e. The topological polar surface area (TPSA) is 170 Å². The van der Waals surface area contributed by atoms with Gasteiger partial charge in [-0.25, -0.2) is 23.7 Å². The molecule has 11 rings (SSSR count). The molecule has 57 heavy (non-hydrogen) atoms. The summed E-state index contributed by atoms with van der Waals surface area (Å²) in [6.07, 6.45) is 6.55. The Labute approximate surface area is 328 Å². The summed E-state index contributed by atoms with van der Waals surface area (Å²) < 4.78 is 33.7. The third-order valence-electron chi connectivity index (χ3n) is 13.0. The Morgan fingerprint density at radius 2 is 1.72 bits per heavy atom. The molecule has 6 saturated carbocycles. The van der Waals surface area contributed by atoms with Crippen molar-refractivity contribution in [2.75, 3.05) is 18.5 Å². The van der Waals surface area contributed by atoms with Gasteiger partial charge < -0.3 is 20.3 Å². The molecule has 4 aromatic rings. The molecule has 290 valence electrons. The van der Waals surface area contributed by atoms with Crippen molar-refractivity contribution < 1.29 is 23.1 Å². The average molecular weight is 770 g/mol. The number of halogens is 2. The van der Waals surface area contributed by atoms with Gasteiger partial charge in [-0.15, -0.1) is 0 Å².